The number of nitrogens with zero attached hydrogens (tertiary/aromatic N) is 1. The summed E-state index contributed by atoms with van der Waals surface area (Å²) in [5, 5.41) is 3.04. The molecule has 0 aliphatic carbocycles. The fourth-order valence-electron chi connectivity index (χ4n) is 1.39. The van der Waals surface area contributed by atoms with E-state index in [1.165, 1.54) is 0 Å². The van der Waals surface area contributed by atoms with Crippen LogP contribution in [0, 0.1) is 6.92 Å². The summed E-state index contributed by atoms with van der Waals surface area (Å²) in [6, 6.07) is 1.86. The van der Waals surface area contributed by atoms with Gasteiger partial charge in [-0.2, -0.15) is 0 Å². The van der Waals surface area contributed by atoms with Crippen LogP contribution >= 0.6 is 11.6 Å². The average molecular weight is 269 g/mol. The van der Waals surface area contributed by atoms with E-state index in [1.807, 2.05) is 25.1 Å². The van der Waals surface area contributed by atoms with Crippen LogP contribution in [0.5, 0.6) is 0 Å². The summed E-state index contributed by atoms with van der Waals surface area (Å²) in [7, 11) is 1.62. The number of amides is 1. The maximum Gasteiger partial charge on any atom is 0.224 e. The number of pyridine rings is 1. The number of anilines is 1. The minimum absolute atomic E-state index is 0.0792. The molecule has 1 N–H and O–H groups in total. The number of carbonyl (C=O) groups excluding carboxylic acids is 1. The number of nitrogens with one attached hydrogen (secondary N) is 1. The van der Waals surface area contributed by atoms with Crippen LogP contribution in [0.2, 0.25) is 5.15 Å². The first-order valence-corrected chi connectivity index (χ1v) is 6.08. The Balaban J connectivity index is 2.93. The number of aromatic nitrogens is 1. The van der Waals surface area contributed by atoms with Gasteiger partial charge in [-0.05, 0) is 24.6 Å². The Bertz CT molecular complexity index is 435. The zero-order valence-corrected chi connectivity index (χ0v) is 11.5. The molecule has 0 aromatic carbocycles. The number of carbonyl (C=O) groups is 1. The maximum atomic E-state index is 11.4. The Labute approximate surface area is 112 Å². The molecular formula is C13H17ClN2O2. The van der Waals surface area contributed by atoms with E-state index in [9.17, 15) is 4.79 Å². The SMILES string of the molecule is CCC(=O)Nc1c(C)cc(C=CCOC)nc1Cl. The van der Waals surface area contributed by atoms with Gasteiger partial charge >= 0.3 is 0 Å². The molecule has 4 nitrogen and oxygen atoms in total. The molecule has 0 atom stereocenters. The number of hydrogen-bond donors (Lipinski definition) is 1. The van der Waals surface area contributed by atoms with Gasteiger partial charge in [0.2, 0.25) is 5.91 Å². The van der Waals surface area contributed by atoms with Crippen molar-refractivity contribution in [1.29, 1.82) is 0 Å². The van der Waals surface area contributed by atoms with Crippen molar-refractivity contribution in [1.82, 2.24) is 4.98 Å². The van der Waals surface area contributed by atoms with Crippen molar-refractivity contribution in [2.45, 2.75) is 20.3 Å². The molecule has 0 spiro atoms. The van der Waals surface area contributed by atoms with Crippen LogP contribution in [-0.4, -0.2) is 24.6 Å². The largest absolute Gasteiger partial charge is 0.381 e. The molecule has 1 amide bonds. The second kappa shape index (κ2) is 7.13. The Morgan fingerprint density at radius 3 is 2.89 bits per heavy atom. The molecule has 98 valence electrons. The summed E-state index contributed by atoms with van der Waals surface area (Å²) in [4.78, 5) is 15.6. The zero-order valence-electron chi connectivity index (χ0n) is 10.8. The van der Waals surface area contributed by atoms with Gasteiger partial charge in [0.25, 0.3) is 0 Å². The van der Waals surface area contributed by atoms with Crippen LogP contribution in [-0.2, 0) is 9.53 Å². The molecule has 0 aliphatic heterocycles. The van der Waals surface area contributed by atoms with Gasteiger partial charge in [-0.3, -0.25) is 4.79 Å². The third-order valence-corrected chi connectivity index (χ3v) is 2.60. The molecule has 0 saturated heterocycles. The number of ether oxygens (including phenoxy) is 1. The molecule has 0 radical (unpaired) electrons. The van der Waals surface area contributed by atoms with E-state index in [0.29, 0.717) is 23.9 Å². The van der Waals surface area contributed by atoms with Gasteiger partial charge in [-0.1, -0.05) is 24.6 Å². The topological polar surface area (TPSA) is 51.2 Å². The standard InChI is InChI=1S/C13H17ClN2O2/c1-4-11(17)16-12-9(2)8-10(15-13(12)14)6-5-7-18-3/h5-6,8H,4,7H2,1-3H3,(H,16,17). The first-order valence-electron chi connectivity index (χ1n) is 5.71. The van der Waals surface area contributed by atoms with Crippen LogP contribution < -0.4 is 5.32 Å². The molecule has 1 aromatic rings. The van der Waals surface area contributed by atoms with Crippen molar-refractivity contribution in [2.75, 3.05) is 19.0 Å². The van der Waals surface area contributed by atoms with Gasteiger partial charge < -0.3 is 10.1 Å². The molecule has 5 heteroatoms. The first-order chi connectivity index (χ1) is 8.58. The molecule has 0 saturated carbocycles. The van der Waals surface area contributed by atoms with Crippen LogP contribution in [0.3, 0.4) is 0 Å². The number of methoxy groups -OCH3 is 1. The van der Waals surface area contributed by atoms with E-state index in [0.717, 1.165) is 11.3 Å². The predicted molar refractivity (Wildman–Crippen MR) is 73.8 cm³/mol. The highest BCUT2D eigenvalue weighted by atomic mass is 35.5. The Kier molecular flexibility index (Phi) is 5.82. The van der Waals surface area contributed by atoms with E-state index in [2.05, 4.69) is 10.3 Å². The lowest BCUT2D eigenvalue weighted by molar-refractivity contribution is -0.115. The summed E-state index contributed by atoms with van der Waals surface area (Å²) in [5.74, 6) is -0.0792. The molecule has 18 heavy (non-hydrogen) atoms. The molecule has 1 heterocycles. The molecule has 0 fully saturated rings. The number of aryl methyl sites for hydroxylation is 1. The van der Waals surface area contributed by atoms with Crippen molar-refractivity contribution < 1.29 is 9.53 Å². The summed E-state index contributed by atoms with van der Waals surface area (Å²) < 4.78 is 4.91. The number of hydrogen-bond acceptors (Lipinski definition) is 3. The van der Waals surface area contributed by atoms with E-state index in [-0.39, 0.29) is 5.91 Å². The lowest BCUT2D eigenvalue weighted by Gasteiger charge is -2.10. The summed E-state index contributed by atoms with van der Waals surface area (Å²) in [6.45, 7) is 4.19. The minimum atomic E-state index is -0.0792. The smallest absolute Gasteiger partial charge is 0.224 e. The summed E-state index contributed by atoms with van der Waals surface area (Å²) in [5.41, 5.74) is 2.20. The van der Waals surface area contributed by atoms with Crippen molar-refractivity contribution in [3.63, 3.8) is 0 Å². The van der Waals surface area contributed by atoms with Crippen molar-refractivity contribution in [3.8, 4) is 0 Å². The van der Waals surface area contributed by atoms with Crippen molar-refractivity contribution in [3.05, 3.63) is 28.6 Å². The van der Waals surface area contributed by atoms with Gasteiger partial charge in [0.1, 0.15) is 0 Å². The maximum absolute atomic E-state index is 11.4. The minimum Gasteiger partial charge on any atom is -0.381 e. The van der Waals surface area contributed by atoms with E-state index < -0.39 is 0 Å². The summed E-state index contributed by atoms with van der Waals surface area (Å²) in [6.07, 6.45) is 4.08. The second-order valence-electron chi connectivity index (χ2n) is 3.79. The van der Waals surface area contributed by atoms with Gasteiger partial charge in [-0.25, -0.2) is 4.98 Å². The predicted octanol–water partition coefficient (Wildman–Crippen LogP) is 3.05. The highest BCUT2D eigenvalue weighted by Crippen LogP contribution is 2.25. The number of rotatable bonds is 5. The Morgan fingerprint density at radius 2 is 2.33 bits per heavy atom. The van der Waals surface area contributed by atoms with E-state index >= 15 is 0 Å². The van der Waals surface area contributed by atoms with E-state index in [1.54, 1.807) is 14.0 Å². The van der Waals surface area contributed by atoms with Gasteiger partial charge in [0, 0.05) is 13.5 Å². The third-order valence-electron chi connectivity index (χ3n) is 2.33. The lowest BCUT2D eigenvalue weighted by atomic mass is 10.2. The fraction of sp³-hybridized carbons (Fsp3) is 0.385. The van der Waals surface area contributed by atoms with Crippen LogP contribution in [0.25, 0.3) is 6.08 Å². The number of halogens is 1. The molecule has 0 aliphatic rings. The fourth-order valence-corrected chi connectivity index (χ4v) is 1.68. The van der Waals surface area contributed by atoms with Crippen LogP contribution in [0.1, 0.15) is 24.6 Å². The first kappa shape index (κ1) is 14.7. The van der Waals surface area contributed by atoms with Gasteiger partial charge in [0.15, 0.2) is 5.15 Å². The molecular weight excluding hydrogens is 252 g/mol. The quantitative estimate of drug-likeness (QED) is 0.835. The van der Waals surface area contributed by atoms with Crippen LogP contribution in [0.4, 0.5) is 5.69 Å². The molecule has 0 bridgehead atoms. The Hall–Kier alpha value is -1.39. The van der Waals surface area contributed by atoms with Crippen molar-refractivity contribution >= 4 is 29.3 Å². The van der Waals surface area contributed by atoms with Crippen molar-refractivity contribution in [2.24, 2.45) is 0 Å². The molecule has 1 rings (SSSR count). The normalized spacial score (nSPS) is 10.9. The monoisotopic (exact) mass is 268 g/mol. The van der Waals surface area contributed by atoms with Gasteiger partial charge in [0.05, 0.1) is 18.0 Å². The molecule has 1 aromatic heterocycles. The average Bonchev–Trinajstić information content (AvgIpc) is 2.34. The lowest BCUT2D eigenvalue weighted by Crippen LogP contribution is -2.11. The second-order valence-corrected chi connectivity index (χ2v) is 4.15. The highest BCUT2D eigenvalue weighted by Gasteiger charge is 2.09. The zero-order chi connectivity index (χ0) is 13.5. The Morgan fingerprint density at radius 1 is 1.61 bits per heavy atom. The highest BCUT2D eigenvalue weighted by molar-refractivity contribution is 6.32. The van der Waals surface area contributed by atoms with Gasteiger partial charge in [-0.15, -0.1) is 0 Å². The van der Waals surface area contributed by atoms with E-state index in [4.69, 9.17) is 16.3 Å². The van der Waals surface area contributed by atoms with Crippen LogP contribution in [0.15, 0.2) is 12.1 Å². The summed E-state index contributed by atoms with van der Waals surface area (Å²) >= 11 is 6.06. The molecule has 0 unspecified atom stereocenters. The third kappa shape index (κ3) is 4.13.